The van der Waals surface area contributed by atoms with Crippen molar-refractivity contribution in [1.29, 1.82) is 0 Å². The zero-order valence-corrected chi connectivity index (χ0v) is 13.8. The van der Waals surface area contributed by atoms with Gasteiger partial charge in [-0.1, -0.05) is 6.92 Å². The largest absolute Gasteiger partial charge is 0.417 e. The smallest absolute Gasteiger partial charge is 0.380 e. The van der Waals surface area contributed by atoms with Crippen LogP contribution in [0.15, 0.2) is 6.07 Å². The molecule has 1 amide bonds. The monoisotopic (exact) mass is 347 g/mol. The molecule has 0 spiro atoms. The van der Waals surface area contributed by atoms with Crippen LogP contribution in [0.25, 0.3) is 0 Å². The van der Waals surface area contributed by atoms with Gasteiger partial charge in [0.25, 0.3) is 5.91 Å². The van der Waals surface area contributed by atoms with Gasteiger partial charge in [-0.2, -0.15) is 13.2 Å². The molecule has 1 aromatic rings. The predicted octanol–water partition coefficient (Wildman–Crippen LogP) is 3.40. The summed E-state index contributed by atoms with van der Waals surface area (Å²) in [5.41, 5.74) is -1.45. The number of likely N-dealkylation sites (tertiary alicyclic amines) is 1. The quantitative estimate of drug-likeness (QED) is 0.846. The van der Waals surface area contributed by atoms with Gasteiger partial charge in [-0.3, -0.25) is 4.79 Å². The summed E-state index contributed by atoms with van der Waals surface area (Å²) in [6, 6.07) is 1.91. The molecule has 1 unspecified atom stereocenters. The molecule has 3 rings (SSSR count). The SMILES string of the molecule is CC1CCc2sc(C(=O)N3CCC(O)(C(F)(F)F)CC3)cc2C1. The second-order valence-corrected chi connectivity index (χ2v) is 7.87. The van der Waals surface area contributed by atoms with E-state index in [1.165, 1.54) is 26.7 Å². The summed E-state index contributed by atoms with van der Waals surface area (Å²) in [6.45, 7) is 2.06. The number of carbonyl (C=O) groups is 1. The van der Waals surface area contributed by atoms with Crippen molar-refractivity contribution in [2.24, 2.45) is 5.92 Å². The van der Waals surface area contributed by atoms with Crippen LogP contribution in [0.2, 0.25) is 0 Å². The van der Waals surface area contributed by atoms with E-state index in [4.69, 9.17) is 0 Å². The lowest BCUT2D eigenvalue weighted by molar-refractivity contribution is -0.271. The number of carbonyl (C=O) groups excluding carboxylic acids is 1. The second kappa shape index (κ2) is 5.77. The van der Waals surface area contributed by atoms with Crippen LogP contribution in [-0.4, -0.2) is 40.8 Å². The summed E-state index contributed by atoms with van der Waals surface area (Å²) in [4.78, 5) is 15.8. The topological polar surface area (TPSA) is 40.5 Å². The maximum atomic E-state index is 12.8. The van der Waals surface area contributed by atoms with Crippen LogP contribution in [0.3, 0.4) is 0 Å². The summed E-state index contributed by atoms with van der Waals surface area (Å²) in [5, 5.41) is 9.68. The molecule has 128 valence electrons. The summed E-state index contributed by atoms with van der Waals surface area (Å²) >= 11 is 1.47. The van der Waals surface area contributed by atoms with Gasteiger partial charge in [0.1, 0.15) is 0 Å². The second-order valence-electron chi connectivity index (χ2n) is 6.73. The Balaban J connectivity index is 1.69. The minimum atomic E-state index is -4.64. The highest BCUT2D eigenvalue weighted by molar-refractivity contribution is 7.14. The highest BCUT2D eigenvalue weighted by Gasteiger charge is 2.55. The fourth-order valence-corrected chi connectivity index (χ4v) is 4.51. The Morgan fingerprint density at radius 3 is 2.65 bits per heavy atom. The summed E-state index contributed by atoms with van der Waals surface area (Å²) in [5.74, 6) is 0.401. The van der Waals surface area contributed by atoms with Crippen LogP contribution in [-0.2, 0) is 12.8 Å². The van der Waals surface area contributed by atoms with Gasteiger partial charge in [0.05, 0.1) is 4.88 Å². The minimum absolute atomic E-state index is 0.0617. The van der Waals surface area contributed by atoms with E-state index in [0.29, 0.717) is 10.8 Å². The maximum Gasteiger partial charge on any atom is 0.417 e. The van der Waals surface area contributed by atoms with E-state index in [-0.39, 0.29) is 19.0 Å². The molecule has 1 aromatic heterocycles. The molecule has 1 aliphatic carbocycles. The number of hydrogen-bond donors (Lipinski definition) is 1. The molecule has 0 saturated carbocycles. The number of halogens is 3. The van der Waals surface area contributed by atoms with Crippen molar-refractivity contribution < 1.29 is 23.1 Å². The van der Waals surface area contributed by atoms with Crippen molar-refractivity contribution in [2.75, 3.05) is 13.1 Å². The van der Waals surface area contributed by atoms with Crippen molar-refractivity contribution in [2.45, 2.75) is 50.8 Å². The molecule has 0 aromatic carbocycles. The van der Waals surface area contributed by atoms with Gasteiger partial charge in [-0.25, -0.2) is 0 Å². The third-order valence-corrected chi connectivity index (χ3v) is 6.17. The third kappa shape index (κ3) is 3.13. The first-order valence-electron chi connectivity index (χ1n) is 7.89. The van der Waals surface area contributed by atoms with Crippen LogP contribution in [0.5, 0.6) is 0 Å². The number of fused-ring (bicyclic) bond motifs is 1. The summed E-state index contributed by atoms with van der Waals surface area (Å²) in [7, 11) is 0. The molecule has 7 heteroatoms. The molecule has 1 N–H and O–H groups in total. The summed E-state index contributed by atoms with van der Waals surface area (Å²) < 4.78 is 38.5. The fourth-order valence-electron chi connectivity index (χ4n) is 3.33. The van der Waals surface area contributed by atoms with Gasteiger partial charge >= 0.3 is 6.18 Å². The Morgan fingerprint density at radius 1 is 1.39 bits per heavy atom. The standard InChI is InChI=1S/C16H20F3NO2S/c1-10-2-3-12-11(8-10)9-13(23-12)14(21)20-6-4-15(22,5-7-20)16(17,18)19/h9-10,22H,2-8H2,1H3. The van der Waals surface area contributed by atoms with E-state index in [0.717, 1.165) is 19.3 Å². The molecule has 1 aliphatic heterocycles. The fraction of sp³-hybridized carbons (Fsp3) is 0.688. The van der Waals surface area contributed by atoms with Crippen molar-refractivity contribution >= 4 is 17.2 Å². The highest BCUT2D eigenvalue weighted by Crippen LogP contribution is 2.39. The molecule has 0 bridgehead atoms. The van der Waals surface area contributed by atoms with Gasteiger partial charge in [0.15, 0.2) is 5.60 Å². The zero-order valence-electron chi connectivity index (χ0n) is 12.9. The average molecular weight is 347 g/mol. The number of aryl methyl sites for hydroxylation is 1. The Kier molecular flexibility index (Phi) is 4.21. The first-order valence-corrected chi connectivity index (χ1v) is 8.71. The van der Waals surface area contributed by atoms with E-state index >= 15 is 0 Å². The Bertz CT molecular complexity index is 603. The third-order valence-electron chi connectivity index (χ3n) is 4.95. The molecule has 1 atom stereocenters. The lowest BCUT2D eigenvalue weighted by atomic mass is 9.89. The first kappa shape index (κ1) is 16.8. The number of rotatable bonds is 1. The van der Waals surface area contributed by atoms with E-state index < -0.39 is 24.6 Å². The number of nitrogens with zero attached hydrogens (tertiary/aromatic N) is 1. The lowest BCUT2D eigenvalue weighted by Crippen LogP contribution is -2.54. The number of piperidine rings is 1. The molecule has 2 heterocycles. The summed E-state index contributed by atoms with van der Waals surface area (Å²) in [6.07, 6.45) is -2.49. The number of hydrogen-bond acceptors (Lipinski definition) is 3. The van der Waals surface area contributed by atoms with Crippen molar-refractivity contribution in [3.63, 3.8) is 0 Å². The van der Waals surface area contributed by atoms with E-state index in [9.17, 15) is 23.1 Å². The molecular formula is C16H20F3NO2S. The van der Waals surface area contributed by atoms with Crippen LogP contribution in [0.4, 0.5) is 13.2 Å². The van der Waals surface area contributed by atoms with Gasteiger partial charge in [0.2, 0.25) is 0 Å². The molecular weight excluding hydrogens is 327 g/mol. The van der Waals surface area contributed by atoms with Crippen LogP contribution < -0.4 is 0 Å². The number of thiophene rings is 1. The van der Waals surface area contributed by atoms with E-state index in [2.05, 4.69) is 6.92 Å². The number of aliphatic hydroxyl groups is 1. The van der Waals surface area contributed by atoms with Gasteiger partial charge in [0, 0.05) is 30.8 Å². The Hall–Kier alpha value is -1.08. The van der Waals surface area contributed by atoms with Crippen LogP contribution in [0, 0.1) is 5.92 Å². The average Bonchev–Trinajstić information content (AvgIpc) is 2.89. The first-order chi connectivity index (χ1) is 10.7. The van der Waals surface area contributed by atoms with Crippen molar-refractivity contribution in [1.82, 2.24) is 4.90 Å². The van der Waals surface area contributed by atoms with Gasteiger partial charge in [-0.15, -0.1) is 11.3 Å². The van der Waals surface area contributed by atoms with E-state index in [1.54, 1.807) is 0 Å². The van der Waals surface area contributed by atoms with Crippen LogP contribution in [0.1, 0.15) is 46.3 Å². The van der Waals surface area contributed by atoms with Crippen molar-refractivity contribution in [3.05, 3.63) is 21.4 Å². The molecule has 0 radical (unpaired) electrons. The van der Waals surface area contributed by atoms with Gasteiger partial charge in [-0.05, 0) is 36.8 Å². The number of amides is 1. The molecule has 2 aliphatic rings. The van der Waals surface area contributed by atoms with Gasteiger partial charge < -0.3 is 10.0 Å². The molecule has 1 saturated heterocycles. The van der Waals surface area contributed by atoms with Crippen LogP contribution >= 0.6 is 11.3 Å². The Morgan fingerprint density at radius 2 is 2.04 bits per heavy atom. The molecule has 23 heavy (non-hydrogen) atoms. The van der Waals surface area contributed by atoms with Crippen molar-refractivity contribution in [3.8, 4) is 0 Å². The van der Waals surface area contributed by atoms with E-state index in [1.807, 2.05) is 6.07 Å². The predicted molar refractivity (Wildman–Crippen MR) is 81.7 cm³/mol. The minimum Gasteiger partial charge on any atom is -0.380 e. The number of alkyl halides is 3. The normalized spacial score (nSPS) is 24.4. The zero-order chi connectivity index (χ0) is 16.8. The molecule has 1 fully saturated rings. The molecule has 3 nitrogen and oxygen atoms in total. The maximum absolute atomic E-state index is 12.8. The Labute approximate surface area is 137 Å². The highest BCUT2D eigenvalue weighted by atomic mass is 32.1. The lowest BCUT2D eigenvalue weighted by Gasteiger charge is -2.38.